The van der Waals surface area contributed by atoms with E-state index < -0.39 is 5.97 Å². The van der Waals surface area contributed by atoms with Gasteiger partial charge in [0.25, 0.3) is 0 Å². The number of aromatic amines is 1. The molecule has 0 saturated heterocycles. The minimum Gasteiger partial charge on any atom is -0.478 e. The van der Waals surface area contributed by atoms with E-state index >= 15 is 0 Å². The summed E-state index contributed by atoms with van der Waals surface area (Å²) in [5.74, 6) is -0.987. The Morgan fingerprint density at radius 1 is 1.07 bits per heavy atom. The van der Waals surface area contributed by atoms with Crippen LogP contribution in [0, 0.1) is 6.92 Å². The molecule has 0 saturated carbocycles. The van der Waals surface area contributed by atoms with E-state index in [1.807, 2.05) is 17.8 Å². The van der Waals surface area contributed by atoms with E-state index in [0.717, 1.165) is 27.2 Å². The van der Waals surface area contributed by atoms with Gasteiger partial charge in [0.05, 0.1) is 27.8 Å². The fourth-order valence-electron chi connectivity index (χ4n) is 3.57. The second-order valence-electron chi connectivity index (χ2n) is 7.17. The fraction of sp³-hybridized carbons (Fsp3) is 0.0870. The predicted molar refractivity (Wildman–Crippen MR) is 118 cm³/mol. The quantitative estimate of drug-likeness (QED) is 0.418. The standard InChI is InChI=1S/C23H18N4O2S/c1-13-3-5-14(6-4-13)30-15-7-8-16-20(11-15)27(2)26-22(16)19-12-18-21(25-19)17(23(28)29)9-10-24-18/h3-12,25H,1-2H3,(H,28,29). The molecule has 0 aliphatic carbocycles. The number of nitrogens with one attached hydrogen (secondary N) is 1. The number of nitrogens with zero attached hydrogens (tertiary/aromatic N) is 3. The summed E-state index contributed by atoms with van der Waals surface area (Å²) in [6, 6.07) is 18.1. The first-order valence-corrected chi connectivity index (χ1v) is 10.2. The number of carboxylic acid groups (broad SMARTS) is 1. The maximum Gasteiger partial charge on any atom is 0.337 e. The molecular formula is C23H18N4O2S. The second kappa shape index (κ2) is 7.03. The van der Waals surface area contributed by atoms with Crippen LogP contribution in [-0.4, -0.2) is 30.8 Å². The van der Waals surface area contributed by atoms with Crippen LogP contribution in [0.1, 0.15) is 15.9 Å². The van der Waals surface area contributed by atoms with Crippen molar-refractivity contribution in [3.05, 3.63) is 71.9 Å². The van der Waals surface area contributed by atoms with Crippen LogP contribution in [0.3, 0.4) is 0 Å². The van der Waals surface area contributed by atoms with E-state index in [1.165, 1.54) is 22.7 Å². The fourth-order valence-corrected chi connectivity index (χ4v) is 4.42. The summed E-state index contributed by atoms with van der Waals surface area (Å²) in [5.41, 5.74) is 5.07. The van der Waals surface area contributed by atoms with Crippen molar-refractivity contribution in [2.45, 2.75) is 16.7 Å². The monoisotopic (exact) mass is 414 g/mol. The van der Waals surface area contributed by atoms with Gasteiger partial charge in [-0.05, 0) is 49.4 Å². The third kappa shape index (κ3) is 3.13. The number of aromatic carboxylic acids is 1. The SMILES string of the molecule is Cc1ccc(Sc2ccc3c(-c4cc5nccc(C(=O)O)c5[nH]4)nn(C)c3c2)cc1. The van der Waals surface area contributed by atoms with E-state index in [1.54, 1.807) is 11.8 Å². The lowest BCUT2D eigenvalue weighted by molar-refractivity contribution is 0.0698. The Labute approximate surface area is 176 Å². The molecular weight excluding hydrogens is 396 g/mol. The molecule has 2 aromatic carbocycles. The molecule has 6 nitrogen and oxygen atoms in total. The molecule has 0 amide bonds. The molecule has 0 unspecified atom stereocenters. The van der Waals surface area contributed by atoms with Gasteiger partial charge in [-0.1, -0.05) is 29.5 Å². The maximum absolute atomic E-state index is 11.5. The molecule has 0 bridgehead atoms. The average molecular weight is 414 g/mol. The molecule has 7 heteroatoms. The smallest absolute Gasteiger partial charge is 0.337 e. The van der Waals surface area contributed by atoms with E-state index in [9.17, 15) is 9.90 Å². The Bertz CT molecular complexity index is 1420. The van der Waals surface area contributed by atoms with Gasteiger partial charge in [0.2, 0.25) is 0 Å². The van der Waals surface area contributed by atoms with Gasteiger partial charge in [0.15, 0.2) is 0 Å². The molecule has 0 aliphatic heterocycles. The minimum atomic E-state index is -0.987. The highest BCUT2D eigenvalue weighted by molar-refractivity contribution is 7.99. The zero-order valence-electron chi connectivity index (χ0n) is 16.4. The Morgan fingerprint density at radius 2 is 1.83 bits per heavy atom. The van der Waals surface area contributed by atoms with Crippen molar-refractivity contribution < 1.29 is 9.90 Å². The van der Waals surface area contributed by atoms with Crippen LogP contribution in [0.25, 0.3) is 33.3 Å². The third-order valence-electron chi connectivity index (χ3n) is 5.09. The van der Waals surface area contributed by atoms with Crippen LogP contribution < -0.4 is 0 Å². The van der Waals surface area contributed by atoms with Gasteiger partial charge in [0.1, 0.15) is 5.69 Å². The van der Waals surface area contributed by atoms with Crippen molar-refractivity contribution in [2.24, 2.45) is 7.05 Å². The van der Waals surface area contributed by atoms with Gasteiger partial charge >= 0.3 is 5.97 Å². The van der Waals surface area contributed by atoms with Gasteiger partial charge in [-0.3, -0.25) is 9.67 Å². The molecule has 2 N–H and O–H groups in total. The average Bonchev–Trinajstić information content (AvgIpc) is 3.30. The number of carbonyl (C=O) groups is 1. The molecule has 30 heavy (non-hydrogen) atoms. The van der Waals surface area contributed by atoms with Crippen LogP contribution in [0.4, 0.5) is 0 Å². The number of rotatable bonds is 4. The highest BCUT2D eigenvalue weighted by Gasteiger charge is 2.17. The highest BCUT2D eigenvalue weighted by Crippen LogP contribution is 2.34. The Morgan fingerprint density at radius 3 is 2.60 bits per heavy atom. The van der Waals surface area contributed by atoms with Crippen LogP contribution in [0.5, 0.6) is 0 Å². The van der Waals surface area contributed by atoms with E-state index in [-0.39, 0.29) is 5.56 Å². The molecule has 5 rings (SSSR count). The van der Waals surface area contributed by atoms with Crippen molar-refractivity contribution >= 4 is 39.7 Å². The first kappa shape index (κ1) is 18.4. The largest absolute Gasteiger partial charge is 0.478 e. The number of hydrogen-bond donors (Lipinski definition) is 2. The van der Waals surface area contributed by atoms with E-state index in [0.29, 0.717) is 11.0 Å². The maximum atomic E-state index is 11.5. The number of fused-ring (bicyclic) bond motifs is 2. The van der Waals surface area contributed by atoms with Gasteiger partial charge < -0.3 is 10.1 Å². The predicted octanol–water partition coefficient (Wildman–Crippen LogP) is 5.27. The van der Waals surface area contributed by atoms with Gasteiger partial charge in [-0.2, -0.15) is 5.10 Å². The summed E-state index contributed by atoms with van der Waals surface area (Å²) >= 11 is 1.71. The van der Waals surface area contributed by atoms with Crippen LogP contribution in [0.15, 0.2) is 70.6 Å². The molecule has 0 fully saturated rings. The van der Waals surface area contributed by atoms with Crippen LogP contribution in [-0.2, 0) is 7.05 Å². The molecule has 3 heterocycles. The summed E-state index contributed by atoms with van der Waals surface area (Å²) < 4.78 is 1.85. The molecule has 3 aromatic heterocycles. The first-order valence-electron chi connectivity index (χ1n) is 9.42. The number of aryl methyl sites for hydroxylation is 2. The number of hydrogen-bond acceptors (Lipinski definition) is 4. The normalized spacial score (nSPS) is 11.4. The highest BCUT2D eigenvalue weighted by atomic mass is 32.2. The third-order valence-corrected chi connectivity index (χ3v) is 6.08. The molecule has 0 spiro atoms. The van der Waals surface area contributed by atoms with Crippen LogP contribution >= 0.6 is 11.8 Å². The lowest BCUT2D eigenvalue weighted by atomic mass is 10.1. The molecule has 5 aromatic rings. The molecule has 148 valence electrons. The Balaban J connectivity index is 1.58. The van der Waals surface area contributed by atoms with Crippen LogP contribution in [0.2, 0.25) is 0 Å². The van der Waals surface area contributed by atoms with Crippen molar-refractivity contribution in [1.29, 1.82) is 0 Å². The van der Waals surface area contributed by atoms with E-state index in [2.05, 4.69) is 59.4 Å². The number of aromatic nitrogens is 4. The number of carboxylic acids is 1. The summed E-state index contributed by atoms with van der Waals surface area (Å²) in [6.45, 7) is 2.08. The minimum absolute atomic E-state index is 0.197. The zero-order valence-corrected chi connectivity index (χ0v) is 17.2. The topological polar surface area (TPSA) is 83.8 Å². The molecule has 0 atom stereocenters. The summed E-state index contributed by atoms with van der Waals surface area (Å²) in [5, 5.41) is 15.1. The molecule has 0 aliphatic rings. The number of benzene rings is 2. The van der Waals surface area contributed by atoms with Crippen molar-refractivity contribution in [3.63, 3.8) is 0 Å². The summed E-state index contributed by atoms with van der Waals surface area (Å²) in [7, 11) is 1.91. The zero-order chi connectivity index (χ0) is 20.8. The van der Waals surface area contributed by atoms with Crippen molar-refractivity contribution in [1.82, 2.24) is 19.7 Å². The van der Waals surface area contributed by atoms with E-state index in [4.69, 9.17) is 5.10 Å². The van der Waals surface area contributed by atoms with Gasteiger partial charge in [-0.25, -0.2) is 4.79 Å². The van der Waals surface area contributed by atoms with Crippen molar-refractivity contribution in [2.75, 3.05) is 0 Å². The summed E-state index contributed by atoms with van der Waals surface area (Å²) in [4.78, 5) is 21.3. The number of pyridine rings is 1. The van der Waals surface area contributed by atoms with Gasteiger partial charge in [-0.15, -0.1) is 0 Å². The lowest BCUT2D eigenvalue weighted by Gasteiger charge is -2.03. The van der Waals surface area contributed by atoms with Gasteiger partial charge in [0, 0.05) is 28.4 Å². The summed E-state index contributed by atoms with van der Waals surface area (Å²) in [6.07, 6.45) is 1.51. The molecule has 0 radical (unpaired) electrons. The van der Waals surface area contributed by atoms with Crippen molar-refractivity contribution in [3.8, 4) is 11.4 Å². The Hall–Kier alpha value is -3.58. The Kier molecular flexibility index (Phi) is 4.33. The number of H-pyrrole nitrogens is 1. The second-order valence-corrected chi connectivity index (χ2v) is 8.32. The lowest BCUT2D eigenvalue weighted by Crippen LogP contribution is -1.97. The first-order chi connectivity index (χ1) is 14.5.